The van der Waals surface area contributed by atoms with E-state index in [9.17, 15) is 9.59 Å². The Kier molecular flexibility index (Phi) is 7.14. The number of hydrogen-bond donors (Lipinski definition) is 0. The van der Waals surface area contributed by atoms with Crippen molar-refractivity contribution in [3.63, 3.8) is 0 Å². The number of aromatic nitrogens is 1. The molecule has 2 aliphatic rings. The summed E-state index contributed by atoms with van der Waals surface area (Å²) in [7, 11) is 5.75. The molecule has 210 valence electrons. The standard InChI is InChI=1S/C34H36N4O3/c1-23-28(24-10-6-5-7-11-24)15-16-29(32(23)41-4)33(39)38-22-27-14-17-31(34(40)36-19-18-26(21-36)35(2)3)37(27)20-25-12-8-9-13-30(25)38/h5-17,26H,18-22H2,1-4H3/t26-/m1/s1. The molecule has 0 N–H and O–H groups in total. The summed E-state index contributed by atoms with van der Waals surface area (Å²) >= 11 is 0. The zero-order valence-electron chi connectivity index (χ0n) is 24.1. The monoisotopic (exact) mass is 548 g/mol. The largest absolute Gasteiger partial charge is 0.496 e. The summed E-state index contributed by atoms with van der Waals surface area (Å²) in [5.41, 5.74) is 6.99. The highest BCUT2D eigenvalue weighted by Gasteiger charge is 2.33. The molecule has 1 aromatic heterocycles. The lowest BCUT2D eigenvalue weighted by Gasteiger charge is -2.24. The molecule has 1 saturated heterocycles. The molecule has 2 aliphatic heterocycles. The van der Waals surface area contributed by atoms with Crippen LogP contribution in [0.4, 0.5) is 5.69 Å². The van der Waals surface area contributed by atoms with Crippen LogP contribution in [0.1, 0.15) is 44.1 Å². The smallest absolute Gasteiger partial charge is 0.270 e. The molecule has 7 nitrogen and oxygen atoms in total. The van der Waals surface area contributed by atoms with Crippen molar-refractivity contribution in [3.05, 3.63) is 107 Å². The van der Waals surface area contributed by atoms with Gasteiger partial charge in [0.15, 0.2) is 0 Å². The van der Waals surface area contributed by atoms with Gasteiger partial charge in [-0.15, -0.1) is 0 Å². The van der Waals surface area contributed by atoms with Crippen LogP contribution in [0, 0.1) is 6.92 Å². The lowest BCUT2D eigenvalue weighted by atomic mass is 9.96. The lowest BCUT2D eigenvalue weighted by molar-refractivity contribution is 0.0772. The highest BCUT2D eigenvalue weighted by atomic mass is 16.5. The van der Waals surface area contributed by atoms with Crippen molar-refractivity contribution in [1.82, 2.24) is 14.4 Å². The maximum absolute atomic E-state index is 14.3. The fourth-order valence-corrected chi connectivity index (χ4v) is 6.24. The summed E-state index contributed by atoms with van der Waals surface area (Å²) in [5.74, 6) is 0.494. The number of carbonyl (C=O) groups is 2. The fraction of sp³-hybridized carbons (Fsp3) is 0.294. The second kappa shape index (κ2) is 10.9. The van der Waals surface area contributed by atoms with Gasteiger partial charge >= 0.3 is 0 Å². The van der Waals surface area contributed by atoms with Crippen LogP contribution in [0.2, 0.25) is 0 Å². The number of anilines is 1. The van der Waals surface area contributed by atoms with E-state index >= 15 is 0 Å². The SMILES string of the molecule is COc1c(C(=O)N2Cc3ccc(C(=O)N4CC[C@@H](N(C)C)C4)n3Cc3ccccc32)ccc(-c2ccccc2)c1C. The van der Waals surface area contributed by atoms with Crippen molar-refractivity contribution in [2.75, 3.05) is 39.2 Å². The van der Waals surface area contributed by atoms with Gasteiger partial charge in [0.05, 0.1) is 25.8 Å². The van der Waals surface area contributed by atoms with Crippen molar-refractivity contribution in [1.29, 1.82) is 0 Å². The molecule has 3 heterocycles. The average Bonchev–Trinajstić information content (AvgIpc) is 3.60. The van der Waals surface area contributed by atoms with Gasteiger partial charge in [0.25, 0.3) is 11.8 Å². The van der Waals surface area contributed by atoms with Crippen LogP contribution >= 0.6 is 0 Å². The Morgan fingerprint density at radius 3 is 2.37 bits per heavy atom. The van der Waals surface area contributed by atoms with E-state index in [4.69, 9.17) is 4.74 Å². The molecular weight excluding hydrogens is 512 g/mol. The van der Waals surface area contributed by atoms with E-state index in [1.165, 1.54) is 0 Å². The number of likely N-dealkylation sites (N-methyl/N-ethyl adjacent to an activating group) is 1. The van der Waals surface area contributed by atoms with Gasteiger partial charge in [0, 0.05) is 30.5 Å². The van der Waals surface area contributed by atoms with E-state index in [0.717, 1.165) is 53.1 Å². The topological polar surface area (TPSA) is 58.0 Å². The molecule has 1 atom stereocenters. The Balaban J connectivity index is 1.36. The second-order valence-corrected chi connectivity index (χ2v) is 11.2. The van der Waals surface area contributed by atoms with Crippen molar-refractivity contribution >= 4 is 17.5 Å². The van der Waals surface area contributed by atoms with E-state index in [-0.39, 0.29) is 11.8 Å². The van der Waals surface area contributed by atoms with Crippen LogP contribution in [-0.4, -0.2) is 66.5 Å². The van der Waals surface area contributed by atoms with Gasteiger partial charge in [-0.3, -0.25) is 9.59 Å². The first-order valence-corrected chi connectivity index (χ1v) is 14.1. The van der Waals surface area contributed by atoms with Gasteiger partial charge in [0.1, 0.15) is 11.4 Å². The summed E-state index contributed by atoms with van der Waals surface area (Å²) in [6.07, 6.45) is 0.974. The third-order valence-electron chi connectivity index (χ3n) is 8.57. The summed E-state index contributed by atoms with van der Waals surface area (Å²) in [6.45, 7) is 4.35. The molecule has 2 amide bonds. The third kappa shape index (κ3) is 4.80. The Bertz CT molecular complexity index is 1610. The first-order chi connectivity index (χ1) is 19.9. The maximum atomic E-state index is 14.3. The zero-order chi connectivity index (χ0) is 28.7. The predicted octanol–water partition coefficient (Wildman–Crippen LogP) is 5.46. The van der Waals surface area contributed by atoms with Crippen LogP contribution in [0.25, 0.3) is 11.1 Å². The number of ether oxygens (including phenoxy) is 1. The predicted molar refractivity (Wildman–Crippen MR) is 162 cm³/mol. The molecule has 0 spiro atoms. The molecule has 1 fully saturated rings. The number of para-hydroxylation sites is 1. The van der Waals surface area contributed by atoms with Crippen LogP contribution in [0.3, 0.4) is 0 Å². The van der Waals surface area contributed by atoms with Gasteiger partial charge in [-0.2, -0.15) is 0 Å². The summed E-state index contributed by atoms with van der Waals surface area (Å²) < 4.78 is 7.93. The molecule has 0 aliphatic carbocycles. The molecular formula is C34H36N4O3. The number of methoxy groups -OCH3 is 1. The number of fused-ring (bicyclic) bond motifs is 2. The van der Waals surface area contributed by atoms with E-state index in [0.29, 0.717) is 36.1 Å². The number of nitrogens with zero attached hydrogens (tertiary/aromatic N) is 4. The molecule has 6 rings (SSSR count). The number of hydrogen-bond acceptors (Lipinski definition) is 4. The number of likely N-dealkylation sites (tertiary alicyclic amines) is 1. The van der Waals surface area contributed by atoms with Gasteiger partial charge in [-0.25, -0.2) is 0 Å². The van der Waals surface area contributed by atoms with Crippen molar-refractivity contribution in [2.45, 2.75) is 32.5 Å². The molecule has 0 bridgehead atoms. The van der Waals surface area contributed by atoms with Gasteiger partial charge < -0.3 is 24.0 Å². The van der Waals surface area contributed by atoms with Crippen LogP contribution in [0.5, 0.6) is 5.75 Å². The minimum absolute atomic E-state index is 0.0478. The van der Waals surface area contributed by atoms with Gasteiger partial charge in [-0.05, 0) is 74.0 Å². The van der Waals surface area contributed by atoms with Crippen molar-refractivity contribution in [2.24, 2.45) is 0 Å². The number of amides is 2. The Labute approximate surface area is 241 Å². The minimum atomic E-state index is -0.132. The number of rotatable bonds is 5. The Hall–Kier alpha value is -4.36. The van der Waals surface area contributed by atoms with Crippen LogP contribution in [-0.2, 0) is 13.1 Å². The quantitative estimate of drug-likeness (QED) is 0.333. The molecule has 3 aromatic carbocycles. The molecule has 0 unspecified atom stereocenters. The van der Waals surface area contributed by atoms with E-state index in [2.05, 4.69) is 35.7 Å². The van der Waals surface area contributed by atoms with E-state index < -0.39 is 0 Å². The molecule has 0 saturated carbocycles. The van der Waals surface area contributed by atoms with Crippen molar-refractivity contribution in [3.8, 4) is 16.9 Å². The average molecular weight is 549 g/mol. The van der Waals surface area contributed by atoms with Crippen LogP contribution < -0.4 is 9.64 Å². The summed E-state index contributed by atoms with van der Waals surface area (Å²) in [4.78, 5) is 33.9. The van der Waals surface area contributed by atoms with Gasteiger partial charge in [0.2, 0.25) is 0 Å². The lowest BCUT2D eigenvalue weighted by Crippen LogP contribution is -2.35. The molecule has 4 aromatic rings. The highest BCUT2D eigenvalue weighted by Crippen LogP contribution is 2.36. The Morgan fingerprint density at radius 1 is 0.878 bits per heavy atom. The highest BCUT2D eigenvalue weighted by molar-refractivity contribution is 6.09. The zero-order valence-corrected chi connectivity index (χ0v) is 24.1. The third-order valence-corrected chi connectivity index (χ3v) is 8.57. The molecule has 7 heteroatoms. The maximum Gasteiger partial charge on any atom is 0.270 e. The Morgan fingerprint density at radius 2 is 1.63 bits per heavy atom. The summed E-state index contributed by atoms with van der Waals surface area (Å²) in [5, 5.41) is 0. The summed E-state index contributed by atoms with van der Waals surface area (Å²) in [6, 6.07) is 26.2. The molecule has 0 radical (unpaired) electrons. The van der Waals surface area contributed by atoms with Gasteiger partial charge in [-0.1, -0.05) is 54.6 Å². The second-order valence-electron chi connectivity index (χ2n) is 11.2. The number of carbonyl (C=O) groups excluding carboxylic acids is 2. The normalized spacial score (nSPS) is 16.4. The van der Waals surface area contributed by atoms with E-state index in [1.807, 2.05) is 83.5 Å². The van der Waals surface area contributed by atoms with Crippen LogP contribution in [0.15, 0.2) is 78.9 Å². The first kappa shape index (κ1) is 26.8. The molecule has 41 heavy (non-hydrogen) atoms. The number of benzene rings is 3. The first-order valence-electron chi connectivity index (χ1n) is 14.1. The minimum Gasteiger partial charge on any atom is -0.496 e. The van der Waals surface area contributed by atoms with E-state index in [1.54, 1.807) is 7.11 Å². The van der Waals surface area contributed by atoms with Crippen molar-refractivity contribution < 1.29 is 14.3 Å². The fourth-order valence-electron chi connectivity index (χ4n) is 6.24.